The number of hydrogen-bond donors (Lipinski definition) is 0. The van der Waals surface area contributed by atoms with E-state index in [1.54, 1.807) is 0 Å². The number of hydrogen-bond acceptors (Lipinski definition) is 1. The van der Waals surface area contributed by atoms with Crippen molar-refractivity contribution in [3.8, 4) is 5.75 Å². The summed E-state index contributed by atoms with van der Waals surface area (Å²) in [5.41, 5.74) is 0. The summed E-state index contributed by atoms with van der Waals surface area (Å²) in [4.78, 5) is 0. The number of para-hydroxylation sites is 1. The molecule has 1 aliphatic carbocycles. The van der Waals surface area contributed by atoms with Gasteiger partial charge in [0.05, 0.1) is 0 Å². The maximum absolute atomic E-state index is 5.84. The summed E-state index contributed by atoms with van der Waals surface area (Å²) in [6.07, 6.45) is 8.90. The maximum atomic E-state index is 5.84. The van der Waals surface area contributed by atoms with Gasteiger partial charge >= 0.3 is 0 Å². The molecule has 1 nitrogen and oxygen atoms in total. The molecule has 0 aliphatic heterocycles. The lowest BCUT2D eigenvalue weighted by Gasteiger charge is -2.13. The van der Waals surface area contributed by atoms with Gasteiger partial charge in [-0.1, -0.05) is 38.1 Å². The summed E-state index contributed by atoms with van der Waals surface area (Å²) in [6, 6.07) is 9.96. The van der Waals surface area contributed by atoms with E-state index in [9.17, 15) is 0 Å². The van der Waals surface area contributed by atoms with Crippen molar-refractivity contribution in [3.05, 3.63) is 54.3 Å². The Labute approximate surface area is 104 Å². The van der Waals surface area contributed by atoms with E-state index in [4.69, 9.17) is 4.74 Å². The van der Waals surface area contributed by atoms with Crippen LogP contribution < -0.4 is 4.74 Å². The Kier molecular flexibility index (Phi) is 4.03. The van der Waals surface area contributed by atoms with Gasteiger partial charge in [0.2, 0.25) is 0 Å². The number of allylic oxidation sites excluding steroid dienone is 3. The average molecular weight is 228 g/mol. The minimum Gasteiger partial charge on any atom is -0.458 e. The molecule has 1 atom stereocenters. The van der Waals surface area contributed by atoms with Crippen molar-refractivity contribution >= 4 is 0 Å². The SMILES string of the molecule is CC(C)C1C=CC(Oc2ccccc2)=CCC1. The fourth-order valence-corrected chi connectivity index (χ4v) is 2.06. The lowest BCUT2D eigenvalue weighted by molar-refractivity contribution is 0.440. The molecule has 90 valence electrons. The van der Waals surface area contributed by atoms with Gasteiger partial charge in [-0.3, -0.25) is 0 Å². The molecule has 0 N–H and O–H groups in total. The second-order valence-electron chi connectivity index (χ2n) is 4.87. The summed E-state index contributed by atoms with van der Waals surface area (Å²) in [5.74, 6) is 3.25. The largest absolute Gasteiger partial charge is 0.458 e. The Morgan fingerprint density at radius 3 is 2.65 bits per heavy atom. The van der Waals surface area contributed by atoms with Gasteiger partial charge in [0.15, 0.2) is 0 Å². The molecule has 1 heteroatoms. The maximum Gasteiger partial charge on any atom is 0.127 e. The zero-order valence-electron chi connectivity index (χ0n) is 10.6. The molecule has 0 fully saturated rings. The molecule has 0 radical (unpaired) electrons. The van der Waals surface area contributed by atoms with Crippen LogP contribution in [0.2, 0.25) is 0 Å². The van der Waals surface area contributed by atoms with Crippen molar-refractivity contribution in [2.24, 2.45) is 11.8 Å². The van der Waals surface area contributed by atoms with Crippen LogP contribution in [-0.4, -0.2) is 0 Å². The van der Waals surface area contributed by atoms with Crippen LogP contribution >= 0.6 is 0 Å². The fourth-order valence-electron chi connectivity index (χ4n) is 2.06. The Balaban J connectivity index is 2.02. The standard InChI is InChI=1S/C16H20O/c1-13(2)14-7-6-10-16(12-11-14)17-15-8-4-3-5-9-15/h3-5,8-14H,6-7H2,1-2H3. The number of ether oxygens (including phenoxy) is 1. The third kappa shape index (κ3) is 3.48. The molecule has 1 aliphatic rings. The molecule has 0 amide bonds. The summed E-state index contributed by atoms with van der Waals surface area (Å²) in [5, 5.41) is 0. The van der Waals surface area contributed by atoms with Gasteiger partial charge in [0, 0.05) is 0 Å². The van der Waals surface area contributed by atoms with Gasteiger partial charge in [-0.25, -0.2) is 0 Å². The van der Waals surface area contributed by atoms with Gasteiger partial charge in [-0.15, -0.1) is 0 Å². The zero-order valence-corrected chi connectivity index (χ0v) is 10.6. The first-order chi connectivity index (χ1) is 8.25. The molecule has 0 heterocycles. The minimum atomic E-state index is 0.670. The van der Waals surface area contributed by atoms with E-state index >= 15 is 0 Å². The third-order valence-electron chi connectivity index (χ3n) is 3.19. The van der Waals surface area contributed by atoms with Crippen molar-refractivity contribution in [2.75, 3.05) is 0 Å². The minimum absolute atomic E-state index is 0.670. The predicted molar refractivity (Wildman–Crippen MR) is 71.9 cm³/mol. The van der Waals surface area contributed by atoms with Crippen molar-refractivity contribution in [2.45, 2.75) is 26.7 Å². The van der Waals surface area contributed by atoms with Crippen molar-refractivity contribution in [3.63, 3.8) is 0 Å². The van der Waals surface area contributed by atoms with E-state index in [1.165, 1.54) is 6.42 Å². The van der Waals surface area contributed by atoms with Crippen LogP contribution in [-0.2, 0) is 0 Å². The highest BCUT2D eigenvalue weighted by molar-refractivity contribution is 5.27. The van der Waals surface area contributed by atoms with Gasteiger partial charge in [0.25, 0.3) is 0 Å². The normalized spacial score (nSPS) is 19.9. The molecule has 0 aromatic heterocycles. The van der Waals surface area contributed by atoms with Gasteiger partial charge in [-0.2, -0.15) is 0 Å². The molecule has 0 saturated heterocycles. The Hall–Kier alpha value is -1.50. The fraction of sp³-hybridized carbons (Fsp3) is 0.375. The van der Waals surface area contributed by atoms with Gasteiger partial charge < -0.3 is 4.74 Å². The van der Waals surface area contributed by atoms with Crippen LogP contribution in [0.4, 0.5) is 0 Å². The van der Waals surface area contributed by atoms with Crippen LogP contribution in [0.25, 0.3) is 0 Å². The molecule has 1 aromatic rings. The van der Waals surface area contributed by atoms with Gasteiger partial charge in [-0.05, 0) is 49.0 Å². The van der Waals surface area contributed by atoms with E-state index in [-0.39, 0.29) is 0 Å². The molecule has 0 spiro atoms. The summed E-state index contributed by atoms with van der Waals surface area (Å²) >= 11 is 0. The first-order valence-electron chi connectivity index (χ1n) is 6.37. The van der Waals surface area contributed by atoms with Crippen molar-refractivity contribution in [1.29, 1.82) is 0 Å². The lowest BCUT2D eigenvalue weighted by Crippen LogP contribution is -2.03. The molecule has 2 rings (SSSR count). The third-order valence-corrected chi connectivity index (χ3v) is 3.19. The molecule has 1 aromatic carbocycles. The highest BCUT2D eigenvalue weighted by atomic mass is 16.5. The topological polar surface area (TPSA) is 9.23 Å². The quantitative estimate of drug-likeness (QED) is 0.736. The molecule has 0 saturated carbocycles. The first-order valence-corrected chi connectivity index (χ1v) is 6.37. The Bertz CT molecular complexity index is 401. The molecule has 1 unspecified atom stereocenters. The smallest absolute Gasteiger partial charge is 0.127 e. The van der Waals surface area contributed by atoms with Crippen molar-refractivity contribution < 1.29 is 4.74 Å². The summed E-state index contributed by atoms with van der Waals surface area (Å²) in [6.45, 7) is 4.55. The van der Waals surface area contributed by atoms with E-state index < -0.39 is 0 Å². The Morgan fingerprint density at radius 2 is 1.94 bits per heavy atom. The lowest BCUT2D eigenvalue weighted by atomic mass is 9.92. The van der Waals surface area contributed by atoms with E-state index in [2.05, 4.69) is 32.1 Å². The van der Waals surface area contributed by atoms with Crippen LogP contribution in [0.5, 0.6) is 5.75 Å². The van der Waals surface area contributed by atoms with Crippen LogP contribution in [0, 0.1) is 11.8 Å². The van der Waals surface area contributed by atoms with Crippen LogP contribution in [0.1, 0.15) is 26.7 Å². The molecule has 0 bridgehead atoms. The van der Waals surface area contributed by atoms with E-state index in [0.29, 0.717) is 11.8 Å². The predicted octanol–water partition coefficient (Wildman–Crippen LogP) is 4.57. The summed E-state index contributed by atoms with van der Waals surface area (Å²) < 4.78 is 5.84. The number of rotatable bonds is 3. The highest BCUT2D eigenvalue weighted by Gasteiger charge is 2.12. The molecular formula is C16H20O. The average Bonchev–Trinajstić information content (AvgIpc) is 2.56. The highest BCUT2D eigenvalue weighted by Crippen LogP contribution is 2.24. The van der Waals surface area contributed by atoms with Gasteiger partial charge in [0.1, 0.15) is 11.5 Å². The van der Waals surface area contributed by atoms with Crippen LogP contribution in [0.15, 0.2) is 54.3 Å². The second kappa shape index (κ2) is 5.72. The number of benzene rings is 1. The second-order valence-corrected chi connectivity index (χ2v) is 4.87. The zero-order chi connectivity index (χ0) is 12.1. The molecule has 17 heavy (non-hydrogen) atoms. The monoisotopic (exact) mass is 228 g/mol. The van der Waals surface area contributed by atoms with E-state index in [0.717, 1.165) is 17.9 Å². The van der Waals surface area contributed by atoms with E-state index in [1.807, 2.05) is 30.3 Å². The van der Waals surface area contributed by atoms with Crippen molar-refractivity contribution in [1.82, 2.24) is 0 Å². The summed E-state index contributed by atoms with van der Waals surface area (Å²) in [7, 11) is 0. The van der Waals surface area contributed by atoms with Crippen LogP contribution in [0.3, 0.4) is 0 Å². The molecular weight excluding hydrogens is 208 g/mol. The first kappa shape index (κ1) is 12.0. The Morgan fingerprint density at radius 1 is 1.18 bits per heavy atom.